The Labute approximate surface area is 82.0 Å². The molecule has 1 heterocycles. The molecule has 0 amide bonds. The molecule has 1 aromatic rings. The van der Waals surface area contributed by atoms with E-state index in [9.17, 15) is 0 Å². The first kappa shape index (κ1) is 7.74. The summed E-state index contributed by atoms with van der Waals surface area (Å²) in [5, 5.41) is 12.2. The number of nitriles is 1. The van der Waals surface area contributed by atoms with E-state index in [1.54, 1.807) is 6.20 Å². The van der Waals surface area contributed by atoms with Crippen molar-refractivity contribution in [3.63, 3.8) is 0 Å². The van der Waals surface area contributed by atoms with Crippen molar-refractivity contribution in [3.05, 3.63) is 18.1 Å². The number of nitrogens with zero attached hydrogens (tertiary/aromatic N) is 3. The lowest BCUT2D eigenvalue weighted by atomic mass is 9.50. The Hall–Kier alpha value is -1.63. The van der Waals surface area contributed by atoms with Crippen LogP contribution >= 0.6 is 0 Å². The van der Waals surface area contributed by atoms with Crippen molar-refractivity contribution in [2.75, 3.05) is 5.32 Å². The molecule has 4 nitrogen and oxygen atoms in total. The monoisotopic (exact) mass is 186 g/mol. The van der Waals surface area contributed by atoms with Crippen LogP contribution in [0.15, 0.2) is 12.5 Å². The summed E-state index contributed by atoms with van der Waals surface area (Å²) in [4.78, 5) is 7.93. The maximum Gasteiger partial charge on any atom is 0.147 e. The van der Waals surface area contributed by atoms with Gasteiger partial charge in [-0.1, -0.05) is 0 Å². The Bertz CT molecular complexity index is 403. The van der Waals surface area contributed by atoms with Crippen molar-refractivity contribution in [2.45, 2.75) is 24.8 Å². The summed E-state index contributed by atoms with van der Waals surface area (Å²) in [6, 6.07) is 2.10. The lowest BCUT2D eigenvalue weighted by molar-refractivity contribution is 0.00178. The van der Waals surface area contributed by atoms with Gasteiger partial charge in [-0.15, -0.1) is 0 Å². The Morgan fingerprint density at radius 2 is 2.29 bits per heavy atom. The first-order valence-electron chi connectivity index (χ1n) is 4.80. The van der Waals surface area contributed by atoms with Gasteiger partial charge in [-0.3, -0.25) is 0 Å². The number of hydrogen-bond donors (Lipinski definition) is 1. The fraction of sp³-hybridized carbons (Fsp3) is 0.500. The van der Waals surface area contributed by atoms with Crippen molar-refractivity contribution in [3.8, 4) is 6.07 Å². The first-order valence-corrected chi connectivity index (χ1v) is 4.80. The van der Waals surface area contributed by atoms with Crippen LogP contribution in [0.2, 0.25) is 0 Å². The minimum absolute atomic E-state index is 0.268. The molecule has 0 aromatic carbocycles. The van der Waals surface area contributed by atoms with Gasteiger partial charge in [-0.2, -0.15) is 5.26 Å². The average molecular weight is 186 g/mol. The van der Waals surface area contributed by atoms with Gasteiger partial charge >= 0.3 is 0 Å². The van der Waals surface area contributed by atoms with E-state index in [2.05, 4.69) is 21.4 Å². The van der Waals surface area contributed by atoms with Gasteiger partial charge in [0.05, 0.1) is 6.20 Å². The Morgan fingerprint density at radius 3 is 2.86 bits per heavy atom. The molecule has 0 spiro atoms. The van der Waals surface area contributed by atoms with Crippen LogP contribution in [0.5, 0.6) is 0 Å². The fourth-order valence-electron chi connectivity index (χ4n) is 2.39. The molecule has 70 valence electrons. The van der Waals surface area contributed by atoms with Crippen LogP contribution in [0.3, 0.4) is 0 Å². The third-order valence-corrected chi connectivity index (χ3v) is 3.25. The maximum atomic E-state index is 8.85. The van der Waals surface area contributed by atoms with Crippen LogP contribution in [0, 0.1) is 17.2 Å². The van der Waals surface area contributed by atoms with Gasteiger partial charge in [-0.05, 0) is 25.2 Å². The highest BCUT2D eigenvalue weighted by Crippen LogP contribution is 2.58. The van der Waals surface area contributed by atoms with Gasteiger partial charge in [0.25, 0.3) is 0 Å². The van der Waals surface area contributed by atoms with Crippen LogP contribution in [-0.4, -0.2) is 15.5 Å². The van der Waals surface area contributed by atoms with Crippen LogP contribution in [0.1, 0.15) is 24.8 Å². The number of nitrogens with one attached hydrogen (secondary N) is 1. The second-order valence-electron chi connectivity index (χ2n) is 4.28. The summed E-state index contributed by atoms with van der Waals surface area (Å²) in [5.41, 5.74) is 0.808. The van der Waals surface area contributed by atoms with E-state index in [4.69, 9.17) is 5.26 Å². The zero-order valence-corrected chi connectivity index (χ0v) is 7.70. The van der Waals surface area contributed by atoms with Crippen LogP contribution in [-0.2, 0) is 0 Å². The number of anilines is 1. The molecule has 0 saturated heterocycles. The summed E-state index contributed by atoms with van der Waals surface area (Å²) >= 11 is 0. The predicted molar refractivity (Wildman–Crippen MR) is 50.4 cm³/mol. The molecule has 3 saturated carbocycles. The van der Waals surface area contributed by atoms with Gasteiger partial charge < -0.3 is 5.32 Å². The zero-order valence-electron chi connectivity index (χ0n) is 7.70. The van der Waals surface area contributed by atoms with Crippen molar-refractivity contribution in [1.29, 1.82) is 5.26 Å². The Morgan fingerprint density at radius 1 is 1.50 bits per heavy atom. The number of hydrogen-bond acceptors (Lipinski definition) is 4. The summed E-state index contributed by atoms with van der Waals surface area (Å²) in [6.07, 6.45) is 6.75. The molecule has 2 bridgehead atoms. The smallest absolute Gasteiger partial charge is 0.147 e. The highest BCUT2D eigenvalue weighted by molar-refractivity contribution is 5.53. The van der Waals surface area contributed by atoms with Crippen LogP contribution < -0.4 is 5.32 Å². The SMILES string of the molecule is N#Cc1cncnc1NC12CC(C1)C2. The van der Waals surface area contributed by atoms with E-state index in [1.165, 1.54) is 25.6 Å². The predicted octanol–water partition coefficient (Wildman–Crippen LogP) is 1.31. The molecule has 3 fully saturated rings. The quantitative estimate of drug-likeness (QED) is 0.756. The summed E-state index contributed by atoms with van der Waals surface area (Å²) in [6.45, 7) is 0. The van der Waals surface area contributed by atoms with Gasteiger partial charge in [0, 0.05) is 5.54 Å². The Balaban J connectivity index is 1.86. The molecule has 3 aliphatic rings. The molecule has 0 unspecified atom stereocenters. The lowest BCUT2D eigenvalue weighted by Crippen LogP contribution is -2.63. The van der Waals surface area contributed by atoms with Gasteiger partial charge in [0.15, 0.2) is 0 Å². The van der Waals surface area contributed by atoms with Gasteiger partial charge in [0.2, 0.25) is 0 Å². The van der Waals surface area contributed by atoms with E-state index >= 15 is 0 Å². The molecule has 0 radical (unpaired) electrons. The minimum atomic E-state index is 0.268. The van der Waals surface area contributed by atoms with E-state index in [1.807, 2.05) is 0 Å². The first-order chi connectivity index (χ1) is 6.81. The van der Waals surface area contributed by atoms with Crippen LogP contribution in [0.4, 0.5) is 5.82 Å². The third-order valence-electron chi connectivity index (χ3n) is 3.25. The molecular formula is C10H10N4. The van der Waals surface area contributed by atoms with Gasteiger partial charge in [-0.25, -0.2) is 9.97 Å². The normalized spacial score (nSPS) is 32.4. The van der Waals surface area contributed by atoms with Crippen molar-refractivity contribution in [1.82, 2.24) is 9.97 Å². The highest BCUT2D eigenvalue weighted by Gasteiger charge is 2.56. The topological polar surface area (TPSA) is 61.6 Å². The third kappa shape index (κ3) is 0.925. The van der Waals surface area contributed by atoms with Crippen molar-refractivity contribution >= 4 is 5.82 Å². The largest absolute Gasteiger partial charge is 0.363 e. The summed E-state index contributed by atoms with van der Waals surface area (Å²) < 4.78 is 0. The molecule has 0 atom stereocenters. The van der Waals surface area contributed by atoms with E-state index < -0.39 is 0 Å². The highest BCUT2D eigenvalue weighted by atomic mass is 15.1. The molecule has 0 aliphatic heterocycles. The second-order valence-corrected chi connectivity index (χ2v) is 4.28. The molecule has 4 heteroatoms. The standard InChI is InChI=1S/C10H10N4/c11-4-8-5-12-6-13-9(8)14-10-1-7(2-10)3-10/h5-7H,1-3H2,(H,12,13,14). The van der Waals surface area contributed by atoms with Crippen molar-refractivity contribution < 1.29 is 0 Å². The maximum absolute atomic E-state index is 8.85. The van der Waals surface area contributed by atoms with Gasteiger partial charge in [0.1, 0.15) is 23.8 Å². The number of aromatic nitrogens is 2. The molecule has 1 aromatic heterocycles. The zero-order chi connectivity index (χ0) is 9.60. The van der Waals surface area contributed by atoms with E-state index in [-0.39, 0.29) is 5.54 Å². The minimum Gasteiger partial charge on any atom is -0.363 e. The summed E-state index contributed by atoms with van der Waals surface area (Å²) in [5.74, 6) is 1.62. The van der Waals surface area contributed by atoms with Crippen LogP contribution in [0.25, 0.3) is 0 Å². The molecule has 1 N–H and O–H groups in total. The molecular weight excluding hydrogens is 176 g/mol. The second kappa shape index (κ2) is 2.44. The average Bonchev–Trinajstić information content (AvgIpc) is 2.10. The molecule has 4 rings (SSSR count). The number of rotatable bonds is 2. The molecule has 3 aliphatic carbocycles. The summed E-state index contributed by atoms with van der Waals surface area (Å²) in [7, 11) is 0. The van der Waals surface area contributed by atoms with E-state index in [0.29, 0.717) is 11.4 Å². The van der Waals surface area contributed by atoms with E-state index in [0.717, 1.165) is 5.92 Å². The molecule has 14 heavy (non-hydrogen) atoms. The van der Waals surface area contributed by atoms with Crippen molar-refractivity contribution in [2.24, 2.45) is 5.92 Å². The Kier molecular flexibility index (Phi) is 1.35. The lowest BCUT2D eigenvalue weighted by Gasteiger charge is -2.62. The fourth-order valence-corrected chi connectivity index (χ4v) is 2.39.